The van der Waals surface area contributed by atoms with Crippen LogP contribution in [0, 0.1) is 0 Å². The Morgan fingerprint density at radius 3 is 2.71 bits per heavy atom. The van der Waals surface area contributed by atoms with Crippen LogP contribution in [0.5, 0.6) is 0 Å². The highest BCUT2D eigenvalue weighted by molar-refractivity contribution is 5.91. The number of carboxylic acid groups (broad SMARTS) is 1. The van der Waals surface area contributed by atoms with E-state index in [2.05, 4.69) is 10.6 Å². The molecule has 6 nitrogen and oxygen atoms in total. The van der Waals surface area contributed by atoms with Crippen molar-refractivity contribution in [2.45, 2.75) is 26.4 Å². The van der Waals surface area contributed by atoms with E-state index in [9.17, 15) is 9.59 Å². The molecular formula is C15H18N2O4. The zero-order valence-electron chi connectivity index (χ0n) is 12.0. The van der Waals surface area contributed by atoms with Crippen molar-refractivity contribution in [2.75, 3.05) is 6.54 Å². The fourth-order valence-electron chi connectivity index (χ4n) is 2.00. The second kappa shape index (κ2) is 6.41. The molecule has 0 aliphatic heterocycles. The lowest BCUT2D eigenvalue weighted by Gasteiger charge is -2.09. The van der Waals surface area contributed by atoms with E-state index in [0.717, 1.165) is 10.9 Å². The first kappa shape index (κ1) is 15.1. The van der Waals surface area contributed by atoms with Gasteiger partial charge in [0.05, 0.1) is 6.54 Å². The van der Waals surface area contributed by atoms with Gasteiger partial charge in [-0.3, -0.25) is 4.79 Å². The molecule has 2 aromatic rings. The Morgan fingerprint density at radius 2 is 2.05 bits per heavy atom. The highest BCUT2D eigenvalue weighted by atomic mass is 16.4. The second-order valence-electron chi connectivity index (χ2n) is 5.11. The number of hydrogen-bond acceptors (Lipinski definition) is 4. The summed E-state index contributed by atoms with van der Waals surface area (Å²) in [7, 11) is 0. The number of aromatic carboxylic acids is 1. The third kappa shape index (κ3) is 4.06. The predicted octanol–water partition coefficient (Wildman–Crippen LogP) is 1.75. The molecule has 21 heavy (non-hydrogen) atoms. The van der Waals surface area contributed by atoms with Crippen LogP contribution in [0.4, 0.5) is 0 Å². The van der Waals surface area contributed by atoms with Gasteiger partial charge in [0.2, 0.25) is 11.7 Å². The van der Waals surface area contributed by atoms with Gasteiger partial charge in [0, 0.05) is 18.0 Å². The number of carbonyl (C=O) groups is 2. The summed E-state index contributed by atoms with van der Waals surface area (Å²) in [5, 5.41) is 15.4. The summed E-state index contributed by atoms with van der Waals surface area (Å²) < 4.78 is 5.19. The summed E-state index contributed by atoms with van der Waals surface area (Å²) in [6, 6.07) is 7.03. The summed E-state index contributed by atoms with van der Waals surface area (Å²) in [6.07, 6.45) is 0. The number of rotatable bonds is 6. The zero-order valence-corrected chi connectivity index (χ0v) is 12.0. The minimum absolute atomic E-state index is 0.0532. The fraction of sp³-hybridized carbons (Fsp3) is 0.333. The standard InChI is InChI=1S/C15H18N2O4/c1-9(2)17-14(18)8-16-7-10-3-4-12-11(5-10)6-13(21-12)15(19)20/h3-6,9,16H,7-8H2,1-2H3,(H,17,18)(H,19,20). The third-order valence-corrected chi connectivity index (χ3v) is 2.86. The number of fused-ring (bicyclic) bond motifs is 1. The molecule has 1 aromatic carbocycles. The van der Waals surface area contributed by atoms with Crippen LogP contribution in [0.15, 0.2) is 28.7 Å². The molecular weight excluding hydrogens is 272 g/mol. The third-order valence-electron chi connectivity index (χ3n) is 2.86. The molecule has 0 aliphatic carbocycles. The Morgan fingerprint density at radius 1 is 1.29 bits per heavy atom. The quantitative estimate of drug-likeness (QED) is 0.754. The molecule has 1 amide bonds. The van der Waals surface area contributed by atoms with Gasteiger partial charge in [-0.15, -0.1) is 0 Å². The molecule has 0 saturated carbocycles. The van der Waals surface area contributed by atoms with E-state index in [1.807, 2.05) is 26.0 Å². The molecule has 3 N–H and O–H groups in total. The van der Waals surface area contributed by atoms with E-state index in [-0.39, 0.29) is 24.3 Å². The monoisotopic (exact) mass is 290 g/mol. The van der Waals surface area contributed by atoms with Crippen LogP contribution in [-0.4, -0.2) is 29.6 Å². The minimum Gasteiger partial charge on any atom is -0.475 e. The molecule has 112 valence electrons. The average Bonchev–Trinajstić information content (AvgIpc) is 2.81. The first-order valence-corrected chi connectivity index (χ1v) is 6.71. The smallest absolute Gasteiger partial charge is 0.371 e. The van der Waals surface area contributed by atoms with Crippen LogP contribution in [0.2, 0.25) is 0 Å². The van der Waals surface area contributed by atoms with Crippen molar-refractivity contribution < 1.29 is 19.1 Å². The summed E-state index contributed by atoms with van der Waals surface area (Å²) in [6.45, 7) is 4.58. The molecule has 1 aromatic heterocycles. The molecule has 0 atom stereocenters. The van der Waals surface area contributed by atoms with Crippen molar-refractivity contribution in [1.82, 2.24) is 10.6 Å². The van der Waals surface area contributed by atoms with Crippen molar-refractivity contribution in [2.24, 2.45) is 0 Å². The van der Waals surface area contributed by atoms with Crippen LogP contribution in [0.25, 0.3) is 11.0 Å². The lowest BCUT2D eigenvalue weighted by molar-refractivity contribution is -0.120. The number of benzene rings is 1. The van der Waals surface area contributed by atoms with Crippen molar-refractivity contribution in [3.05, 3.63) is 35.6 Å². The molecule has 1 heterocycles. The average molecular weight is 290 g/mol. The normalized spacial score (nSPS) is 11.0. The van der Waals surface area contributed by atoms with Crippen LogP contribution >= 0.6 is 0 Å². The van der Waals surface area contributed by atoms with E-state index in [0.29, 0.717) is 12.1 Å². The Kier molecular flexibility index (Phi) is 4.59. The van der Waals surface area contributed by atoms with Gasteiger partial charge in [-0.05, 0) is 37.6 Å². The number of amides is 1. The first-order chi connectivity index (χ1) is 9.95. The van der Waals surface area contributed by atoms with Crippen LogP contribution in [0.3, 0.4) is 0 Å². The zero-order chi connectivity index (χ0) is 15.4. The molecule has 0 fully saturated rings. The van der Waals surface area contributed by atoms with Gasteiger partial charge >= 0.3 is 5.97 Å². The lowest BCUT2D eigenvalue weighted by Crippen LogP contribution is -2.37. The fourth-order valence-corrected chi connectivity index (χ4v) is 2.00. The van der Waals surface area contributed by atoms with Crippen LogP contribution in [-0.2, 0) is 11.3 Å². The maximum atomic E-state index is 11.5. The van der Waals surface area contributed by atoms with Crippen molar-refractivity contribution in [1.29, 1.82) is 0 Å². The Bertz CT molecular complexity index is 661. The van der Waals surface area contributed by atoms with Crippen molar-refractivity contribution in [3.8, 4) is 0 Å². The summed E-state index contributed by atoms with van der Waals surface area (Å²) >= 11 is 0. The summed E-state index contributed by atoms with van der Waals surface area (Å²) in [5.41, 5.74) is 1.49. The van der Waals surface area contributed by atoms with Gasteiger partial charge in [-0.1, -0.05) is 6.07 Å². The van der Waals surface area contributed by atoms with Gasteiger partial charge in [0.25, 0.3) is 0 Å². The van der Waals surface area contributed by atoms with Gasteiger partial charge in [0.15, 0.2) is 0 Å². The first-order valence-electron chi connectivity index (χ1n) is 6.71. The highest BCUT2D eigenvalue weighted by Gasteiger charge is 2.10. The highest BCUT2D eigenvalue weighted by Crippen LogP contribution is 2.20. The molecule has 2 rings (SSSR count). The molecule has 0 radical (unpaired) electrons. The lowest BCUT2D eigenvalue weighted by atomic mass is 10.1. The summed E-state index contributed by atoms with van der Waals surface area (Å²) in [5.74, 6) is -1.22. The molecule has 0 bridgehead atoms. The van der Waals surface area contributed by atoms with Crippen molar-refractivity contribution >= 4 is 22.8 Å². The largest absolute Gasteiger partial charge is 0.475 e. The van der Waals surface area contributed by atoms with Crippen molar-refractivity contribution in [3.63, 3.8) is 0 Å². The van der Waals surface area contributed by atoms with E-state index < -0.39 is 5.97 Å². The number of nitrogens with one attached hydrogen (secondary N) is 2. The van der Waals surface area contributed by atoms with E-state index in [4.69, 9.17) is 9.52 Å². The van der Waals surface area contributed by atoms with Crippen LogP contribution in [0.1, 0.15) is 30.0 Å². The Labute approximate surface area is 122 Å². The maximum absolute atomic E-state index is 11.5. The van der Waals surface area contributed by atoms with Crippen LogP contribution < -0.4 is 10.6 Å². The van der Waals surface area contributed by atoms with Gasteiger partial charge in [-0.2, -0.15) is 0 Å². The Hall–Kier alpha value is -2.34. The van der Waals surface area contributed by atoms with Gasteiger partial charge in [-0.25, -0.2) is 4.79 Å². The maximum Gasteiger partial charge on any atom is 0.371 e. The van der Waals surface area contributed by atoms with Gasteiger partial charge in [0.1, 0.15) is 5.58 Å². The predicted molar refractivity (Wildman–Crippen MR) is 78.2 cm³/mol. The molecule has 0 saturated heterocycles. The number of carboxylic acids is 1. The SMILES string of the molecule is CC(C)NC(=O)CNCc1ccc2oc(C(=O)O)cc2c1. The summed E-state index contributed by atoms with van der Waals surface area (Å²) in [4.78, 5) is 22.3. The van der Waals surface area contributed by atoms with Gasteiger partial charge < -0.3 is 20.2 Å². The number of furan rings is 1. The number of hydrogen-bond donors (Lipinski definition) is 3. The molecule has 6 heteroatoms. The molecule has 0 spiro atoms. The minimum atomic E-state index is -1.09. The Balaban J connectivity index is 1.96. The second-order valence-corrected chi connectivity index (χ2v) is 5.11. The number of carbonyl (C=O) groups excluding carboxylic acids is 1. The molecule has 0 unspecified atom stereocenters. The topological polar surface area (TPSA) is 91.6 Å². The van der Waals surface area contributed by atoms with E-state index in [1.54, 1.807) is 6.07 Å². The van der Waals surface area contributed by atoms with E-state index in [1.165, 1.54) is 6.07 Å². The molecule has 0 aliphatic rings. The van der Waals surface area contributed by atoms with E-state index >= 15 is 0 Å².